The predicted octanol–water partition coefficient (Wildman–Crippen LogP) is 0.880. The number of aromatic nitrogens is 4. The number of imidazole rings is 1. The van der Waals surface area contributed by atoms with Crippen LogP contribution in [0.3, 0.4) is 0 Å². The molecule has 1 aliphatic rings. The van der Waals surface area contributed by atoms with Crippen LogP contribution in [0.25, 0.3) is 11.2 Å². The van der Waals surface area contributed by atoms with E-state index >= 15 is 0 Å². The molecule has 11 heteroatoms. The summed E-state index contributed by atoms with van der Waals surface area (Å²) in [5, 5.41) is 0.709. The van der Waals surface area contributed by atoms with E-state index in [1.54, 1.807) is 0 Å². The van der Waals surface area contributed by atoms with Crippen molar-refractivity contribution in [2.24, 2.45) is 7.05 Å². The Bertz CT molecular complexity index is 1290. The van der Waals surface area contributed by atoms with E-state index in [0.717, 1.165) is 31.9 Å². The van der Waals surface area contributed by atoms with Gasteiger partial charge in [-0.05, 0) is 24.6 Å². The number of rotatable bonds is 5. The van der Waals surface area contributed by atoms with E-state index in [0.29, 0.717) is 17.4 Å². The number of carbonyl (C=O) groups is 1. The molecule has 1 fully saturated rings. The fourth-order valence-electron chi connectivity index (χ4n) is 4.03. The first-order chi connectivity index (χ1) is 15.3. The van der Waals surface area contributed by atoms with Crippen molar-refractivity contribution in [1.29, 1.82) is 0 Å². The van der Waals surface area contributed by atoms with Crippen LogP contribution in [0.15, 0.2) is 27.8 Å². The van der Waals surface area contributed by atoms with Gasteiger partial charge in [-0.15, -0.1) is 0 Å². The maximum atomic E-state index is 12.5. The summed E-state index contributed by atoms with van der Waals surface area (Å²) in [4.78, 5) is 47.8. The molecular weight excluding hydrogens is 436 g/mol. The molecular formula is C21H25ClN6O4. The Hall–Kier alpha value is -3.11. The Morgan fingerprint density at radius 3 is 2.62 bits per heavy atom. The van der Waals surface area contributed by atoms with Crippen molar-refractivity contribution < 1.29 is 9.53 Å². The van der Waals surface area contributed by atoms with Crippen LogP contribution >= 0.6 is 11.6 Å². The molecule has 2 aromatic heterocycles. The number of H-pyrrole nitrogens is 1. The van der Waals surface area contributed by atoms with Crippen LogP contribution in [0.4, 0.5) is 5.69 Å². The zero-order valence-corrected chi connectivity index (χ0v) is 19.0. The van der Waals surface area contributed by atoms with Crippen molar-refractivity contribution >= 4 is 34.4 Å². The molecule has 0 amide bonds. The number of aryl methyl sites for hydroxylation is 2. The summed E-state index contributed by atoms with van der Waals surface area (Å²) in [5.74, 6) is 0.0320. The Morgan fingerprint density at radius 1 is 1.22 bits per heavy atom. The first-order valence-electron chi connectivity index (χ1n) is 10.3. The molecule has 1 N–H and O–H groups in total. The number of halogens is 1. The van der Waals surface area contributed by atoms with Crippen molar-refractivity contribution in [3.05, 3.63) is 55.4 Å². The standard InChI is InChI=1S/C21H25ClN6O4/c1-13-4-5-14(22)10-15(13)27-8-6-26(7-9-27)11-16-23-19-18(28(16)12-17(29)32-3)20(30)24-21(31)25(19)2/h4-5,10H,6-9,11-12H2,1-3H3,(H,24,30,31). The summed E-state index contributed by atoms with van der Waals surface area (Å²) in [6, 6.07) is 5.88. The third kappa shape index (κ3) is 4.15. The molecule has 0 bridgehead atoms. The molecule has 10 nitrogen and oxygen atoms in total. The minimum Gasteiger partial charge on any atom is -0.468 e. The summed E-state index contributed by atoms with van der Waals surface area (Å²) >= 11 is 6.18. The lowest BCUT2D eigenvalue weighted by Crippen LogP contribution is -2.46. The van der Waals surface area contributed by atoms with E-state index in [4.69, 9.17) is 16.3 Å². The van der Waals surface area contributed by atoms with Gasteiger partial charge in [0.1, 0.15) is 12.4 Å². The molecule has 0 unspecified atom stereocenters. The second-order valence-electron chi connectivity index (χ2n) is 7.87. The number of nitrogens with one attached hydrogen (secondary N) is 1. The zero-order chi connectivity index (χ0) is 23.0. The van der Waals surface area contributed by atoms with Gasteiger partial charge in [-0.1, -0.05) is 17.7 Å². The number of hydrogen-bond donors (Lipinski definition) is 1. The van der Waals surface area contributed by atoms with Crippen LogP contribution in [-0.2, 0) is 29.7 Å². The number of esters is 1. The molecule has 0 spiro atoms. The average Bonchev–Trinajstić information content (AvgIpc) is 3.12. The highest BCUT2D eigenvalue weighted by Gasteiger charge is 2.24. The highest BCUT2D eigenvalue weighted by Crippen LogP contribution is 2.25. The van der Waals surface area contributed by atoms with E-state index < -0.39 is 17.2 Å². The van der Waals surface area contributed by atoms with Crippen LogP contribution in [0.5, 0.6) is 0 Å². The number of piperazine rings is 1. The molecule has 0 radical (unpaired) electrons. The minimum atomic E-state index is -0.577. The van der Waals surface area contributed by atoms with Gasteiger partial charge in [0.15, 0.2) is 11.2 Å². The molecule has 1 aliphatic heterocycles. The fraction of sp³-hybridized carbons (Fsp3) is 0.429. The van der Waals surface area contributed by atoms with Crippen LogP contribution in [0, 0.1) is 6.92 Å². The Morgan fingerprint density at radius 2 is 1.94 bits per heavy atom. The van der Waals surface area contributed by atoms with Gasteiger partial charge in [0.05, 0.1) is 13.7 Å². The van der Waals surface area contributed by atoms with Gasteiger partial charge >= 0.3 is 11.7 Å². The SMILES string of the molecule is COC(=O)Cn1c(CN2CCN(c3cc(Cl)ccc3C)CC2)nc2c1c(=O)[nH]c(=O)n2C. The first kappa shape index (κ1) is 22.1. The van der Waals surface area contributed by atoms with E-state index in [-0.39, 0.29) is 17.7 Å². The summed E-state index contributed by atoms with van der Waals surface area (Å²) in [5.41, 5.74) is 1.58. The summed E-state index contributed by atoms with van der Waals surface area (Å²) < 4.78 is 7.60. The Kier molecular flexibility index (Phi) is 6.07. The quantitative estimate of drug-likeness (QED) is 0.563. The minimum absolute atomic E-state index is 0.161. The zero-order valence-electron chi connectivity index (χ0n) is 18.2. The highest BCUT2D eigenvalue weighted by molar-refractivity contribution is 6.30. The average molecular weight is 461 g/mol. The number of fused-ring (bicyclic) bond motifs is 1. The van der Waals surface area contributed by atoms with E-state index in [9.17, 15) is 14.4 Å². The third-order valence-electron chi connectivity index (χ3n) is 5.85. The second-order valence-corrected chi connectivity index (χ2v) is 8.31. The number of ether oxygens (including phenoxy) is 1. The second kappa shape index (κ2) is 8.79. The maximum absolute atomic E-state index is 12.5. The lowest BCUT2D eigenvalue weighted by Gasteiger charge is -2.36. The number of anilines is 1. The molecule has 0 saturated carbocycles. The number of aromatic amines is 1. The maximum Gasteiger partial charge on any atom is 0.329 e. The topological polar surface area (TPSA) is 105 Å². The number of carbonyl (C=O) groups excluding carboxylic acids is 1. The largest absolute Gasteiger partial charge is 0.468 e. The molecule has 170 valence electrons. The van der Waals surface area contributed by atoms with Crippen molar-refractivity contribution in [3.8, 4) is 0 Å². The van der Waals surface area contributed by atoms with Crippen LogP contribution in [-0.4, -0.2) is 63.3 Å². The monoisotopic (exact) mass is 460 g/mol. The molecule has 0 aliphatic carbocycles. The lowest BCUT2D eigenvalue weighted by molar-refractivity contribution is -0.141. The van der Waals surface area contributed by atoms with Gasteiger partial charge in [0.2, 0.25) is 0 Å². The van der Waals surface area contributed by atoms with Crippen LogP contribution in [0.1, 0.15) is 11.4 Å². The number of benzene rings is 1. The van der Waals surface area contributed by atoms with Crippen molar-refractivity contribution in [1.82, 2.24) is 24.0 Å². The van der Waals surface area contributed by atoms with Crippen molar-refractivity contribution in [2.45, 2.75) is 20.0 Å². The molecule has 32 heavy (non-hydrogen) atoms. The molecule has 3 aromatic rings. The van der Waals surface area contributed by atoms with Gasteiger partial charge in [0, 0.05) is 43.9 Å². The number of nitrogens with zero attached hydrogens (tertiary/aromatic N) is 5. The van der Waals surface area contributed by atoms with Gasteiger partial charge in [-0.3, -0.25) is 24.0 Å². The first-order valence-corrected chi connectivity index (χ1v) is 10.6. The normalized spacial score (nSPS) is 14.8. The lowest BCUT2D eigenvalue weighted by atomic mass is 10.1. The summed E-state index contributed by atoms with van der Waals surface area (Å²) in [6.07, 6.45) is 0. The third-order valence-corrected chi connectivity index (χ3v) is 6.09. The van der Waals surface area contributed by atoms with Crippen LogP contribution < -0.4 is 16.1 Å². The smallest absolute Gasteiger partial charge is 0.329 e. The van der Waals surface area contributed by atoms with Gasteiger partial charge in [-0.2, -0.15) is 0 Å². The van der Waals surface area contributed by atoms with Gasteiger partial charge < -0.3 is 14.2 Å². The van der Waals surface area contributed by atoms with Crippen molar-refractivity contribution in [3.63, 3.8) is 0 Å². The Labute approximate surface area is 189 Å². The number of methoxy groups -OCH3 is 1. The highest BCUT2D eigenvalue weighted by atomic mass is 35.5. The summed E-state index contributed by atoms with van der Waals surface area (Å²) in [6.45, 7) is 5.47. The summed E-state index contributed by atoms with van der Waals surface area (Å²) in [7, 11) is 2.82. The molecule has 4 rings (SSSR count). The fourth-order valence-corrected chi connectivity index (χ4v) is 4.20. The van der Waals surface area contributed by atoms with E-state index in [2.05, 4.69) is 26.7 Å². The van der Waals surface area contributed by atoms with E-state index in [1.807, 2.05) is 18.2 Å². The van der Waals surface area contributed by atoms with Gasteiger partial charge in [-0.25, -0.2) is 9.78 Å². The molecule has 1 saturated heterocycles. The molecule has 3 heterocycles. The molecule has 0 atom stereocenters. The van der Waals surface area contributed by atoms with Crippen LogP contribution in [0.2, 0.25) is 5.02 Å². The van der Waals surface area contributed by atoms with Gasteiger partial charge in [0.25, 0.3) is 5.56 Å². The van der Waals surface area contributed by atoms with Crippen molar-refractivity contribution in [2.75, 3.05) is 38.2 Å². The predicted molar refractivity (Wildman–Crippen MR) is 121 cm³/mol. The van der Waals surface area contributed by atoms with E-state index in [1.165, 1.54) is 28.9 Å². The molecule has 1 aromatic carbocycles. The Balaban J connectivity index is 1.60. The number of hydrogen-bond acceptors (Lipinski definition) is 7.